The van der Waals surface area contributed by atoms with Gasteiger partial charge in [0.15, 0.2) is 5.13 Å². The predicted octanol–water partition coefficient (Wildman–Crippen LogP) is 1.58. The summed E-state index contributed by atoms with van der Waals surface area (Å²) < 4.78 is 5.07. The van der Waals surface area contributed by atoms with Crippen LogP contribution in [0.15, 0.2) is 0 Å². The molecule has 1 aliphatic rings. The van der Waals surface area contributed by atoms with E-state index >= 15 is 0 Å². The molecule has 0 aromatic carbocycles. The second kappa shape index (κ2) is 8.08. The summed E-state index contributed by atoms with van der Waals surface area (Å²) in [4.78, 5) is 11.0. The zero-order chi connectivity index (χ0) is 15.2. The summed E-state index contributed by atoms with van der Waals surface area (Å²) >= 11 is 1.85. The number of rotatable bonds is 8. The minimum absolute atomic E-state index is 0.655. The first-order valence-corrected chi connectivity index (χ1v) is 8.57. The van der Waals surface area contributed by atoms with Crippen molar-refractivity contribution in [2.45, 2.75) is 32.4 Å². The van der Waals surface area contributed by atoms with Crippen LogP contribution in [0.1, 0.15) is 23.9 Å². The number of thiazole rings is 1. The molecular formula is C15H28N4OS. The van der Waals surface area contributed by atoms with Crippen LogP contribution < -0.4 is 10.2 Å². The van der Waals surface area contributed by atoms with E-state index in [0.717, 1.165) is 39.2 Å². The molecule has 2 heterocycles. The van der Waals surface area contributed by atoms with Crippen LogP contribution in [-0.2, 0) is 17.7 Å². The van der Waals surface area contributed by atoms with E-state index in [-0.39, 0.29) is 0 Å². The van der Waals surface area contributed by atoms with E-state index < -0.39 is 0 Å². The summed E-state index contributed by atoms with van der Waals surface area (Å²) in [5.74, 6) is 0. The van der Waals surface area contributed by atoms with Gasteiger partial charge >= 0.3 is 0 Å². The molecule has 1 N–H and O–H groups in total. The van der Waals surface area contributed by atoms with Crippen molar-refractivity contribution in [1.29, 1.82) is 0 Å². The molecule has 0 aliphatic carbocycles. The molecule has 0 bridgehead atoms. The quantitative estimate of drug-likeness (QED) is 0.738. The maximum absolute atomic E-state index is 5.07. The monoisotopic (exact) mass is 312 g/mol. The normalized spacial score (nSPS) is 18.9. The Morgan fingerprint density at radius 2 is 2.29 bits per heavy atom. The molecule has 1 saturated heterocycles. The van der Waals surface area contributed by atoms with Crippen LogP contribution in [0, 0.1) is 0 Å². The second-order valence-corrected chi connectivity index (χ2v) is 6.80. The molecule has 1 atom stereocenters. The van der Waals surface area contributed by atoms with Crippen LogP contribution in [0.2, 0.25) is 0 Å². The molecule has 5 nitrogen and oxygen atoms in total. The number of nitrogens with one attached hydrogen (secondary N) is 1. The van der Waals surface area contributed by atoms with Gasteiger partial charge in [0.1, 0.15) is 0 Å². The first-order valence-electron chi connectivity index (χ1n) is 7.75. The standard InChI is InChI=1S/C15H28N4OS/c1-5-13-14(10-16-7-9-20-4)21-15(17-13)19-8-6-12(11-19)18(2)3/h12,16H,5-11H2,1-4H3. The van der Waals surface area contributed by atoms with Gasteiger partial charge in [-0.05, 0) is 26.9 Å². The van der Waals surface area contributed by atoms with Crippen molar-refractivity contribution in [2.75, 3.05) is 52.3 Å². The lowest BCUT2D eigenvalue weighted by molar-refractivity contribution is 0.199. The molecule has 1 aromatic heterocycles. The van der Waals surface area contributed by atoms with Crippen molar-refractivity contribution >= 4 is 16.5 Å². The van der Waals surface area contributed by atoms with Crippen LogP contribution in [0.3, 0.4) is 0 Å². The molecule has 120 valence electrons. The van der Waals surface area contributed by atoms with E-state index in [1.165, 1.54) is 22.1 Å². The Morgan fingerprint density at radius 1 is 1.48 bits per heavy atom. The Balaban J connectivity index is 1.96. The summed E-state index contributed by atoms with van der Waals surface area (Å²) in [6.45, 7) is 6.94. The molecule has 1 aromatic rings. The SMILES string of the molecule is CCc1nc(N2CCC(N(C)C)C2)sc1CNCCOC. The lowest BCUT2D eigenvalue weighted by Crippen LogP contribution is -2.31. The molecular weight excluding hydrogens is 284 g/mol. The predicted molar refractivity (Wildman–Crippen MR) is 89.4 cm³/mol. The van der Waals surface area contributed by atoms with Crippen molar-refractivity contribution in [2.24, 2.45) is 0 Å². The number of ether oxygens (including phenoxy) is 1. The number of nitrogens with zero attached hydrogens (tertiary/aromatic N) is 3. The molecule has 0 radical (unpaired) electrons. The lowest BCUT2D eigenvalue weighted by Gasteiger charge is -2.19. The van der Waals surface area contributed by atoms with Crippen LogP contribution in [-0.4, -0.2) is 63.4 Å². The average Bonchev–Trinajstić information content (AvgIpc) is 3.09. The Hall–Kier alpha value is -0.690. The summed E-state index contributed by atoms with van der Waals surface area (Å²) in [5.41, 5.74) is 1.24. The Morgan fingerprint density at radius 3 is 2.90 bits per heavy atom. The van der Waals surface area contributed by atoms with Gasteiger partial charge in [-0.2, -0.15) is 0 Å². The molecule has 6 heteroatoms. The topological polar surface area (TPSA) is 40.6 Å². The van der Waals surface area contributed by atoms with Crippen LogP contribution in [0.25, 0.3) is 0 Å². The summed E-state index contributed by atoms with van der Waals surface area (Å²) in [6, 6.07) is 0.655. The maximum Gasteiger partial charge on any atom is 0.185 e. The van der Waals surface area contributed by atoms with Gasteiger partial charge in [0.25, 0.3) is 0 Å². The third-order valence-corrected chi connectivity index (χ3v) is 5.19. The number of aromatic nitrogens is 1. The van der Waals surface area contributed by atoms with Gasteiger partial charge in [-0.15, -0.1) is 11.3 Å². The summed E-state index contributed by atoms with van der Waals surface area (Å²) in [6.07, 6.45) is 2.23. The molecule has 2 rings (SSSR count). The fourth-order valence-electron chi connectivity index (χ4n) is 2.63. The van der Waals surface area contributed by atoms with E-state index in [1.807, 2.05) is 11.3 Å². The number of likely N-dealkylation sites (N-methyl/N-ethyl adjacent to an activating group) is 1. The minimum Gasteiger partial charge on any atom is -0.383 e. The molecule has 1 unspecified atom stereocenters. The molecule has 0 amide bonds. The summed E-state index contributed by atoms with van der Waals surface area (Å²) in [5, 5.41) is 4.62. The molecule has 1 fully saturated rings. The van der Waals surface area contributed by atoms with Gasteiger partial charge < -0.3 is 19.9 Å². The molecule has 0 saturated carbocycles. The number of hydrogen-bond acceptors (Lipinski definition) is 6. The van der Waals surface area contributed by atoms with E-state index in [0.29, 0.717) is 6.04 Å². The van der Waals surface area contributed by atoms with Gasteiger partial charge in [-0.25, -0.2) is 4.98 Å². The van der Waals surface area contributed by atoms with Gasteiger partial charge in [-0.3, -0.25) is 0 Å². The fourth-order valence-corrected chi connectivity index (χ4v) is 3.79. The molecule has 21 heavy (non-hydrogen) atoms. The minimum atomic E-state index is 0.655. The third-order valence-electron chi connectivity index (χ3n) is 4.03. The van der Waals surface area contributed by atoms with Crippen molar-refractivity contribution in [3.8, 4) is 0 Å². The Labute approximate surface area is 132 Å². The Bertz CT molecular complexity index is 435. The summed E-state index contributed by atoms with van der Waals surface area (Å²) in [7, 11) is 6.07. The first-order chi connectivity index (χ1) is 10.2. The largest absolute Gasteiger partial charge is 0.383 e. The lowest BCUT2D eigenvalue weighted by atomic mass is 10.2. The van der Waals surface area contributed by atoms with Gasteiger partial charge in [-0.1, -0.05) is 6.92 Å². The highest BCUT2D eigenvalue weighted by Crippen LogP contribution is 2.30. The van der Waals surface area contributed by atoms with Crippen LogP contribution >= 0.6 is 11.3 Å². The van der Waals surface area contributed by atoms with Gasteiger partial charge in [0.2, 0.25) is 0 Å². The first kappa shape index (κ1) is 16.7. The van der Waals surface area contributed by atoms with Crippen LogP contribution in [0.4, 0.5) is 5.13 Å². The highest BCUT2D eigenvalue weighted by Gasteiger charge is 2.26. The highest BCUT2D eigenvalue weighted by molar-refractivity contribution is 7.15. The van der Waals surface area contributed by atoms with E-state index in [2.05, 4.69) is 36.1 Å². The van der Waals surface area contributed by atoms with Crippen molar-refractivity contribution in [3.63, 3.8) is 0 Å². The number of aryl methyl sites for hydroxylation is 1. The highest BCUT2D eigenvalue weighted by atomic mass is 32.1. The van der Waals surface area contributed by atoms with E-state index in [4.69, 9.17) is 9.72 Å². The van der Waals surface area contributed by atoms with Crippen molar-refractivity contribution in [1.82, 2.24) is 15.2 Å². The zero-order valence-electron chi connectivity index (χ0n) is 13.7. The van der Waals surface area contributed by atoms with Crippen LogP contribution in [0.5, 0.6) is 0 Å². The second-order valence-electron chi connectivity index (χ2n) is 5.74. The van der Waals surface area contributed by atoms with Gasteiger partial charge in [0.05, 0.1) is 12.3 Å². The van der Waals surface area contributed by atoms with E-state index in [1.54, 1.807) is 7.11 Å². The molecule has 1 aliphatic heterocycles. The number of methoxy groups -OCH3 is 1. The number of anilines is 1. The third kappa shape index (κ3) is 4.39. The fraction of sp³-hybridized carbons (Fsp3) is 0.800. The van der Waals surface area contributed by atoms with Gasteiger partial charge in [0, 0.05) is 44.2 Å². The smallest absolute Gasteiger partial charge is 0.185 e. The maximum atomic E-state index is 5.07. The zero-order valence-corrected chi connectivity index (χ0v) is 14.5. The average molecular weight is 312 g/mol. The number of hydrogen-bond donors (Lipinski definition) is 1. The van der Waals surface area contributed by atoms with Crippen molar-refractivity contribution in [3.05, 3.63) is 10.6 Å². The molecule has 0 spiro atoms. The van der Waals surface area contributed by atoms with E-state index in [9.17, 15) is 0 Å². The van der Waals surface area contributed by atoms with Crippen molar-refractivity contribution < 1.29 is 4.74 Å². The Kier molecular flexibility index (Phi) is 6.41.